The van der Waals surface area contributed by atoms with Crippen molar-refractivity contribution in [2.45, 2.75) is 45.3 Å². The smallest absolute Gasteiger partial charge is 0.253 e. The predicted octanol–water partition coefficient (Wildman–Crippen LogP) is 1.72. The molecule has 1 aromatic carbocycles. The topological polar surface area (TPSA) is 146 Å². The molecule has 1 rings (SSSR count). The van der Waals surface area contributed by atoms with Crippen molar-refractivity contribution in [3.8, 4) is 0 Å². The van der Waals surface area contributed by atoms with Crippen molar-refractivity contribution in [2.75, 3.05) is 33.5 Å². The van der Waals surface area contributed by atoms with Gasteiger partial charge >= 0.3 is 0 Å². The van der Waals surface area contributed by atoms with E-state index in [9.17, 15) is 19.5 Å². The zero-order valence-electron chi connectivity index (χ0n) is 20.4. The van der Waals surface area contributed by atoms with Crippen LogP contribution in [0.25, 0.3) is 0 Å². The van der Waals surface area contributed by atoms with Crippen LogP contribution in [0.3, 0.4) is 0 Å². The van der Waals surface area contributed by atoms with E-state index in [1.165, 1.54) is 12.4 Å². The molecule has 198 valence electrons. The van der Waals surface area contributed by atoms with Crippen molar-refractivity contribution in [3.63, 3.8) is 0 Å². The average molecular weight is 536 g/mol. The van der Waals surface area contributed by atoms with Gasteiger partial charge in [0.25, 0.3) is 5.91 Å². The second-order valence-corrected chi connectivity index (χ2v) is 9.41. The molecule has 1 aromatic rings. The number of hydroxylamine groups is 1. The largest absolute Gasteiger partial charge is 0.382 e. The lowest BCUT2D eigenvalue weighted by Gasteiger charge is -2.34. The third-order valence-electron chi connectivity index (χ3n) is 5.36. The van der Waals surface area contributed by atoms with E-state index < -0.39 is 35.3 Å². The van der Waals surface area contributed by atoms with Crippen LogP contribution in [0.2, 0.25) is 10.0 Å². The Balaban J connectivity index is 3.10. The molecule has 0 aliphatic rings. The van der Waals surface area contributed by atoms with Crippen LogP contribution in [0.5, 0.6) is 0 Å². The number of benzene rings is 1. The first kappa shape index (κ1) is 31.1. The van der Waals surface area contributed by atoms with Gasteiger partial charge in [0.15, 0.2) is 5.60 Å². The van der Waals surface area contributed by atoms with Crippen LogP contribution >= 0.6 is 23.2 Å². The van der Waals surface area contributed by atoms with Crippen LogP contribution in [0, 0.1) is 11.8 Å². The summed E-state index contributed by atoms with van der Waals surface area (Å²) in [5.74, 6) is -3.84. The van der Waals surface area contributed by atoms with E-state index >= 15 is 0 Å². The summed E-state index contributed by atoms with van der Waals surface area (Å²) < 4.78 is 10.2. The summed E-state index contributed by atoms with van der Waals surface area (Å²) in [4.78, 5) is 38.3. The number of halogens is 2. The number of carbonyl (C=O) groups excluding carboxylic acids is 3. The Bertz CT molecular complexity index is 856. The maximum absolute atomic E-state index is 13.2. The van der Waals surface area contributed by atoms with E-state index in [2.05, 4.69) is 10.6 Å². The predicted molar refractivity (Wildman–Crippen MR) is 131 cm³/mol. The molecule has 0 heterocycles. The lowest BCUT2D eigenvalue weighted by molar-refractivity contribution is -0.159. The van der Waals surface area contributed by atoms with Crippen molar-refractivity contribution in [3.05, 3.63) is 33.8 Å². The first-order valence-corrected chi connectivity index (χ1v) is 12.0. The van der Waals surface area contributed by atoms with E-state index in [0.29, 0.717) is 23.8 Å². The second kappa shape index (κ2) is 15.2. The first-order chi connectivity index (χ1) is 16.5. The summed E-state index contributed by atoms with van der Waals surface area (Å²) in [5, 5.41) is 26.1. The fraction of sp³-hybridized carbons (Fsp3) is 0.609. The summed E-state index contributed by atoms with van der Waals surface area (Å²) in [5.41, 5.74) is -0.0980. The van der Waals surface area contributed by atoms with Gasteiger partial charge in [0.05, 0.1) is 35.8 Å². The third-order valence-corrected chi connectivity index (χ3v) is 6.09. The minimum absolute atomic E-state index is 0.0390. The van der Waals surface area contributed by atoms with Gasteiger partial charge in [-0.2, -0.15) is 0 Å². The molecular formula is C23H35Cl2N3O7. The van der Waals surface area contributed by atoms with Crippen molar-refractivity contribution >= 4 is 40.9 Å². The van der Waals surface area contributed by atoms with E-state index in [0.717, 1.165) is 0 Å². The van der Waals surface area contributed by atoms with Gasteiger partial charge in [-0.15, -0.1) is 0 Å². The molecule has 0 aliphatic heterocycles. The lowest BCUT2D eigenvalue weighted by atomic mass is 9.80. The molecule has 0 aromatic heterocycles. The van der Waals surface area contributed by atoms with Crippen LogP contribution in [0.15, 0.2) is 18.2 Å². The molecule has 5 N–H and O–H groups in total. The standard InChI is InChI=1S/C23H35Cl2N3O7/c1-14(2)13-23(32,15(3)20(29)28-33)22(31)27-19(12-16-5-6-17(24)18(25)11-16)21(30)26-7-8-35-10-9-34-4/h5-6,11,14-15,19,32-33H,7-10,12-13H2,1-4H3,(H,26,30)(H,27,31)(H,28,29)/t15-,19+,23+/m1/s1. The Hall–Kier alpha value is -1.95. The maximum atomic E-state index is 13.2. The maximum Gasteiger partial charge on any atom is 0.253 e. The van der Waals surface area contributed by atoms with Crippen LogP contribution < -0.4 is 16.1 Å². The van der Waals surface area contributed by atoms with Gasteiger partial charge in [0.1, 0.15) is 6.04 Å². The van der Waals surface area contributed by atoms with Gasteiger partial charge in [-0.25, -0.2) is 5.48 Å². The van der Waals surface area contributed by atoms with Gasteiger partial charge in [-0.1, -0.05) is 50.0 Å². The molecular weight excluding hydrogens is 501 g/mol. The fourth-order valence-corrected chi connectivity index (χ4v) is 3.73. The van der Waals surface area contributed by atoms with Crippen molar-refractivity contribution in [1.82, 2.24) is 16.1 Å². The van der Waals surface area contributed by atoms with E-state index in [4.69, 9.17) is 37.9 Å². The SMILES string of the molecule is COCCOCCNC(=O)[C@H](Cc1ccc(Cl)c(Cl)c1)NC(=O)[C@](O)(CC(C)C)[C@H](C)C(=O)NO. The fourth-order valence-electron chi connectivity index (χ4n) is 3.41. The number of hydrogen-bond acceptors (Lipinski definition) is 7. The molecule has 0 aliphatic carbocycles. The zero-order valence-corrected chi connectivity index (χ0v) is 21.9. The Morgan fingerprint density at radius 1 is 1.06 bits per heavy atom. The molecule has 0 radical (unpaired) electrons. The Kier molecular flexibility index (Phi) is 13.5. The number of rotatable bonds is 15. The first-order valence-electron chi connectivity index (χ1n) is 11.2. The molecule has 0 saturated heterocycles. The van der Waals surface area contributed by atoms with Gasteiger partial charge in [0.2, 0.25) is 11.8 Å². The van der Waals surface area contributed by atoms with Gasteiger partial charge in [-0.3, -0.25) is 19.6 Å². The molecule has 0 fully saturated rings. The average Bonchev–Trinajstić information content (AvgIpc) is 2.81. The lowest BCUT2D eigenvalue weighted by Crippen LogP contribution is -2.60. The number of methoxy groups -OCH3 is 1. The highest BCUT2D eigenvalue weighted by atomic mass is 35.5. The minimum Gasteiger partial charge on any atom is -0.382 e. The monoisotopic (exact) mass is 535 g/mol. The second-order valence-electron chi connectivity index (χ2n) is 8.59. The summed E-state index contributed by atoms with van der Waals surface area (Å²) in [7, 11) is 1.55. The highest BCUT2D eigenvalue weighted by molar-refractivity contribution is 6.42. The Labute approximate surface area is 215 Å². The van der Waals surface area contributed by atoms with Gasteiger partial charge in [0, 0.05) is 20.1 Å². The molecule has 0 saturated carbocycles. The number of hydrogen-bond donors (Lipinski definition) is 5. The zero-order chi connectivity index (χ0) is 26.6. The quantitative estimate of drug-likeness (QED) is 0.130. The third kappa shape index (κ3) is 9.91. The van der Waals surface area contributed by atoms with E-state index in [1.807, 2.05) is 0 Å². The Morgan fingerprint density at radius 3 is 2.31 bits per heavy atom. The number of aliphatic hydroxyl groups is 1. The molecule has 3 amide bonds. The summed E-state index contributed by atoms with van der Waals surface area (Å²) in [6.07, 6.45) is -0.0425. The van der Waals surface area contributed by atoms with Crippen molar-refractivity contribution in [2.24, 2.45) is 11.8 Å². The highest BCUT2D eigenvalue weighted by Crippen LogP contribution is 2.27. The summed E-state index contributed by atoms with van der Waals surface area (Å²) >= 11 is 12.1. The normalized spacial score (nSPS) is 14.7. The number of ether oxygens (including phenoxy) is 2. The van der Waals surface area contributed by atoms with Crippen LogP contribution in [-0.2, 0) is 30.3 Å². The van der Waals surface area contributed by atoms with Crippen LogP contribution in [0.1, 0.15) is 32.8 Å². The van der Waals surface area contributed by atoms with E-state index in [1.54, 1.807) is 39.2 Å². The highest BCUT2D eigenvalue weighted by Gasteiger charge is 2.46. The molecule has 0 spiro atoms. The van der Waals surface area contributed by atoms with Crippen molar-refractivity contribution < 1.29 is 34.2 Å². The molecule has 0 unspecified atom stereocenters. The summed E-state index contributed by atoms with van der Waals surface area (Å²) in [6.45, 7) is 6.04. The van der Waals surface area contributed by atoms with E-state index in [-0.39, 0.29) is 36.9 Å². The molecule has 0 bridgehead atoms. The number of carbonyl (C=O) groups is 3. The van der Waals surface area contributed by atoms with Crippen molar-refractivity contribution in [1.29, 1.82) is 0 Å². The molecule has 12 heteroatoms. The number of amides is 3. The minimum atomic E-state index is -2.18. The van der Waals surface area contributed by atoms with Gasteiger partial charge < -0.3 is 25.2 Å². The van der Waals surface area contributed by atoms with Crippen LogP contribution in [0.4, 0.5) is 0 Å². The Morgan fingerprint density at radius 2 is 1.74 bits per heavy atom. The molecule has 35 heavy (non-hydrogen) atoms. The van der Waals surface area contributed by atoms with Crippen LogP contribution in [-0.4, -0.2) is 73.2 Å². The summed E-state index contributed by atoms with van der Waals surface area (Å²) in [6, 6.07) is 3.70. The van der Waals surface area contributed by atoms with Gasteiger partial charge in [-0.05, 0) is 30.0 Å². The molecule has 3 atom stereocenters. The number of nitrogens with one attached hydrogen (secondary N) is 3. The molecule has 10 nitrogen and oxygen atoms in total.